The molecular formula is C64H49N. The van der Waals surface area contributed by atoms with Crippen LogP contribution in [0.25, 0.3) is 77.5 Å². The van der Waals surface area contributed by atoms with Crippen molar-refractivity contribution in [2.45, 2.75) is 38.5 Å². The van der Waals surface area contributed by atoms with Gasteiger partial charge in [0, 0.05) is 27.9 Å². The lowest BCUT2D eigenvalue weighted by atomic mass is 9.81. The minimum Gasteiger partial charge on any atom is -0.310 e. The summed E-state index contributed by atoms with van der Waals surface area (Å²) < 4.78 is 0. The monoisotopic (exact) mass is 831 g/mol. The fraction of sp³-hybridized carbons (Fsp3) is 0.0938. The highest BCUT2D eigenvalue weighted by Crippen LogP contribution is 2.54. The highest BCUT2D eigenvalue weighted by Gasteiger charge is 2.38. The van der Waals surface area contributed by atoms with E-state index in [0.717, 1.165) is 17.1 Å². The molecule has 1 nitrogen and oxygen atoms in total. The Morgan fingerprint density at radius 3 is 1.18 bits per heavy atom. The van der Waals surface area contributed by atoms with Crippen molar-refractivity contribution in [3.8, 4) is 66.8 Å². The van der Waals surface area contributed by atoms with Crippen LogP contribution in [-0.2, 0) is 10.8 Å². The van der Waals surface area contributed by atoms with Gasteiger partial charge in [0.05, 0.1) is 0 Å². The van der Waals surface area contributed by atoms with Gasteiger partial charge in [-0.05, 0) is 148 Å². The lowest BCUT2D eigenvalue weighted by molar-refractivity contribution is 0.660. The summed E-state index contributed by atoms with van der Waals surface area (Å²) in [5.74, 6) is 0. The van der Waals surface area contributed by atoms with E-state index in [1.54, 1.807) is 0 Å². The quantitative estimate of drug-likeness (QED) is 0.155. The van der Waals surface area contributed by atoms with E-state index in [0.29, 0.717) is 0 Å². The van der Waals surface area contributed by atoms with Gasteiger partial charge in [-0.3, -0.25) is 0 Å². The zero-order chi connectivity index (χ0) is 43.9. The topological polar surface area (TPSA) is 3.24 Å². The van der Waals surface area contributed by atoms with Gasteiger partial charge in [-0.25, -0.2) is 0 Å². The second-order valence-corrected chi connectivity index (χ2v) is 18.9. The number of benzene rings is 10. The predicted octanol–water partition coefficient (Wildman–Crippen LogP) is 17.6. The zero-order valence-corrected chi connectivity index (χ0v) is 37.3. The minimum absolute atomic E-state index is 0.177. The molecule has 0 heterocycles. The second kappa shape index (κ2) is 14.9. The second-order valence-electron chi connectivity index (χ2n) is 18.9. The molecule has 1 heteroatoms. The highest BCUT2D eigenvalue weighted by molar-refractivity contribution is 5.97. The number of rotatable bonds is 7. The number of fused-ring (bicyclic) bond motifs is 7. The molecule has 0 bridgehead atoms. The number of hydrogen-bond donors (Lipinski definition) is 0. The molecule has 10 aromatic carbocycles. The summed E-state index contributed by atoms with van der Waals surface area (Å²) in [5, 5.41) is 2.55. The molecule has 0 atom stereocenters. The van der Waals surface area contributed by atoms with Crippen LogP contribution in [0.4, 0.5) is 17.1 Å². The van der Waals surface area contributed by atoms with Gasteiger partial charge in [-0.1, -0.05) is 204 Å². The van der Waals surface area contributed by atoms with Crippen molar-refractivity contribution in [3.63, 3.8) is 0 Å². The largest absolute Gasteiger partial charge is 0.310 e. The fourth-order valence-corrected chi connectivity index (χ4v) is 10.9. The summed E-state index contributed by atoms with van der Waals surface area (Å²) in [4.78, 5) is 2.46. The van der Waals surface area contributed by atoms with Crippen LogP contribution in [0.5, 0.6) is 0 Å². The summed E-state index contributed by atoms with van der Waals surface area (Å²) >= 11 is 0. The first-order valence-electron chi connectivity index (χ1n) is 22.9. The maximum absolute atomic E-state index is 2.46. The molecular weight excluding hydrogens is 783 g/mol. The molecule has 10 aromatic rings. The van der Waals surface area contributed by atoms with Crippen LogP contribution < -0.4 is 4.90 Å². The van der Waals surface area contributed by atoms with Gasteiger partial charge < -0.3 is 4.90 Å². The number of anilines is 3. The summed E-state index contributed by atoms with van der Waals surface area (Å²) in [7, 11) is 0. The molecule has 2 aliphatic carbocycles. The van der Waals surface area contributed by atoms with Gasteiger partial charge in [0.1, 0.15) is 0 Å². The van der Waals surface area contributed by atoms with Crippen molar-refractivity contribution >= 4 is 27.8 Å². The molecule has 0 spiro atoms. The molecule has 0 fully saturated rings. The van der Waals surface area contributed by atoms with E-state index in [1.807, 2.05) is 0 Å². The van der Waals surface area contributed by atoms with Crippen LogP contribution in [-0.4, -0.2) is 0 Å². The van der Waals surface area contributed by atoms with Crippen LogP contribution in [0.3, 0.4) is 0 Å². The van der Waals surface area contributed by atoms with Crippen LogP contribution in [0.15, 0.2) is 224 Å². The third kappa shape index (κ3) is 6.37. The smallest absolute Gasteiger partial charge is 0.0465 e. The third-order valence-electron chi connectivity index (χ3n) is 14.5. The molecule has 0 saturated heterocycles. The van der Waals surface area contributed by atoms with Crippen molar-refractivity contribution in [1.82, 2.24) is 0 Å². The Bertz CT molecular complexity index is 3440. The Hall–Kier alpha value is -7.74. The molecule has 310 valence electrons. The summed E-state index contributed by atoms with van der Waals surface area (Å²) in [6.07, 6.45) is 0. The maximum atomic E-state index is 2.46. The number of nitrogens with zero attached hydrogens (tertiary/aromatic N) is 1. The highest BCUT2D eigenvalue weighted by atomic mass is 15.1. The summed E-state index contributed by atoms with van der Waals surface area (Å²) in [5.41, 5.74) is 23.7. The van der Waals surface area contributed by atoms with Crippen LogP contribution in [0.2, 0.25) is 0 Å². The SMILES string of the molecule is CC1(C)c2cc(-c3ccccc3)ccc2-c2ccc(N(c3ccc(-c4ccccc4)cc3)c3ccc4c(c3)C(C)(C)c3cc(-c5ccc(-c6cccc7ccccc67)cc5)ccc3-4)cc21. The van der Waals surface area contributed by atoms with Crippen molar-refractivity contribution in [3.05, 3.63) is 247 Å². The van der Waals surface area contributed by atoms with Crippen molar-refractivity contribution in [2.24, 2.45) is 0 Å². The van der Waals surface area contributed by atoms with E-state index in [9.17, 15) is 0 Å². The normalized spacial score (nSPS) is 13.8. The van der Waals surface area contributed by atoms with Gasteiger partial charge in [0.15, 0.2) is 0 Å². The van der Waals surface area contributed by atoms with Gasteiger partial charge in [-0.15, -0.1) is 0 Å². The Morgan fingerprint density at radius 1 is 0.262 bits per heavy atom. The predicted molar refractivity (Wildman–Crippen MR) is 276 cm³/mol. The fourth-order valence-electron chi connectivity index (χ4n) is 10.9. The summed E-state index contributed by atoms with van der Waals surface area (Å²) in [6, 6.07) is 83.2. The Kier molecular flexibility index (Phi) is 8.94. The maximum Gasteiger partial charge on any atom is 0.0465 e. The van der Waals surface area contributed by atoms with E-state index >= 15 is 0 Å². The van der Waals surface area contributed by atoms with E-state index in [1.165, 1.54) is 99.8 Å². The lowest BCUT2D eigenvalue weighted by Gasteiger charge is -2.30. The van der Waals surface area contributed by atoms with Gasteiger partial charge in [0.2, 0.25) is 0 Å². The molecule has 0 unspecified atom stereocenters. The zero-order valence-electron chi connectivity index (χ0n) is 37.3. The summed E-state index contributed by atoms with van der Waals surface area (Å²) in [6.45, 7) is 9.56. The van der Waals surface area contributed by atoms with Crippen LogP contribution in [0, 0.1) is 0 Å². The molecule has 0 N–H and O–H groups in total. The van der Waals surface area contributed by atoms with E-state index in [-0.39, 0.29) is 10.8 Å². The molecule has 0 radical (unpaired) electrons. The van der Waals surface area contributed by atoms with Crippen molar-refractivity contribution < 1.29 is 0 Å². The van der Waals surface area contributed by atoms with E-state index in [4.69, 9.17) is 0 Å². The van der Waals surface area contributed by atoms with Gasteiger partial charge >= 0.3 is 0 Å². The molecule has 0 amide bonds. The first kappa shape index (κ1) is 38.9. The van der Waals surface area contributed by atoms with E-state index < -0.39 is 0 Å². The first-order chi connectivity index (χ1) is 31.7. The van der Waals surface area contributed by atoms with Crippen molar-refractivity contribution in [2.75, 3.05) is 4.90 Å². The third-order valence-corrected chi connectivity index (χ3v) is 14.5. The van der Waals surface area contributed by atoms with E-state index in [2.05, 4.69) is 257 Å². The Labute approximate surface area is 383 Å². The minimum atomic E-state index is -0.208. The van der Waals surface area contributed by atoms with Gasteiger partial charge in [0.25, 0.3) is 0 Å². The molecule has 0 aliphatic heterocycles. The molecule has 12 rings (SSSR count). The standard InChI is InChI=1S/C64H49N/c1-63(2)59-38-48(43-16-9-6-10-17-43)28-34-55(59)57-36-32-51(40-61(57)63)65(50-30-26-44(27-31-50)42-14-7-5-8-15-42)52-33-37-58-56-35-29-49(39-60(56)64(3,4)62(58)41-52)45-22-24-47(25-23-45)54-21-13-19-46-18-11-12-20-53(46)54/h5-41H,1-4H3. The molecule has 0 aromatic heterocycles. The van der Waals surface area contributed by atoms with Crippen LogP contribution in [0.1, 0.15) is 49.9 Å². The molecule has 2 aliphatic rings. The van der Waals surface area contributed by atoms with Gasteiger partial charge in [-0.2, -0.15) is 0 Å². The van der Waals surface area contributed by atoms with Crippen molar-refractivity contribution in [1.29, 1.82) is 0 Å². The Morgan fingerprint density at radius 2 is 0.631 bits per heavy atom. The average Bonchev–Trinajstić information content (AvgIpc) is 3.72. The Balaban J connectivity index is 0.922. The van der Waals surface area contributed by atoms with Crippen LogP contribution >= 0.6 is 0 Å². The average molecular weight is 832 g/mol. The number of hydrogen-bond acceptors (Lipinski definition) is 1. The lowest BCUT2D eigenvalue weighted by Crippen LogP contribution is -2.18. The molecule has 0 saturated carbocycles. The first-order valence-corrected chi connectivity index (χ1v) is 22.9. The molecule has 65 heavy (non-hydrogen) atoms.